The number of benzene rings is 2. The molecule has 0 aliphatic heterocycles. The van der Waals surface area contributed by atoms with Gasteiger partial charge >= 0.3 is 0 Å². The fraction of sp³-hybridized carbons (Fsp3) is 0.409. The monoisotopic (exact) mass is 385 g/mol. The van der Waals surface area contributed by atoms with Gasteiger partial charge in [0.25, 0.3) is 5.91 Å². The van der Waals surface area contributed by atoms with Crippen LogP contribution < -0.4 is 5.32 Å². The normalized spacial score (nSPS) is 20.2. The molecule has 0 aromatic heterocycles. The van der Waals surface area contributed by atoms with Crippen molar-refractivity contribution in [2.75, 3.05) is 0 Å². The van der Waals surface area contributed by atoms with Gasteiger partial charge in [-0.2, -0.15) is 0 Å². The van der Waals surface area contributed by atoms with Crippen LogP contribution in [0.4, 0.5) is 0 Å². The quantitative estimate of drug-likeness (QED) is 0.804. The summed E-state index contributed by atoms with van der Waals surface area (Å²) >= 11 is 0. The van der Waals surface area contributed by atoms with Crippen molar-refractivity contribution in [1.29, 1.82) is 0 Å². The summed E-state index contributed by atoms with van der Waals surface area (Å²) in [5.41, 5.74) is 1.26. The van der Waals surface area contributed by atoms with E-state index < -0.39 is 9.84 Å². The molecule has 1 fully saturated rings. The Morgan fingerprint density at radius 3 is 2.33 bits per heavy atom. The smallest absolute Gasteiger partial charge is 0.251 e. The number of rotatable bonds is 6. The zero-order valence-corrected chi connectivity index (χ0v) is 16.5. The maximum Gasteiger partial charge on any atom is 0.251 e. The molecular weight excluding hydrogens is 358 g/mol. The molecule has 144 valence electrons. The first-order chi connectivity index (χ1) is 13.0. The molecule has 27 heavy (non-hydrogen) atoms. The Balaban J connectivity index is 1.65. The first-order valence-electron chi connectivity index (χ1n) is 9.67. The number of hydrogen-bond donors (Lipinski definition) is 1. The number of sulfone groups is 1. The molecule has 4 nitrogen and oxygen atoms in total. The van der Waals surface area contributed by atoms with Gasteiger partial charge < -0.3 is 5.32 Å². The van der Waals surface area contributed by atoms with Gasteiger partial charge in [0, 0.05) is 11.6 Å². The van der Waals surface area contributed by atoms with Crippen LogP contribution in [0.2, 0.25) is 0 Å². The van der Waals surface area contributed by atoms with Gasteiger partial charge in [-0.05, 0) is 48.6 Å². The molecule has 1 aliphatic carbocycles. The Hall–Kier alpha value is -2.14. The SMILES string of the molecule is CC[C@H]1CCCC[C@@H]1NC(=O)c1ccc(CS(=O)(=O)c2ccccc2)cc1. The van der Waals surface area contributed by atoms with Crippen molar-refractivity contribution < 1.29 is 13.2 Å². The van der Waals surface area contributed by atoms with Gasteiger partial charge in [-0.15, -0.1) is 0 Å². The Morgan fingerprint density at radius 1 is 1.00 bits per heavy atom. The first kappa shape index (κ1) is 19.6. The third-order valence-corrected chi connectivity index (χ3v) is 7.13. The summed E-state index contributed by atoms with van der Waals surface area (Å²) in [5.74, 6) is 0.412. The summed E-state index contributed by atoms with van der Waals surface area (Å²) in [4.78, 5) is 12.9. The minimum absolute atomic E-state index is 0.0700. The molecule has 1 saturated carbocycles. The third-order valence-electron chi connectivity index (χ3n) is 5.43. The van der Waals surface area contributed by atoms with Crippen molar-refractivity contribution in [3.05, 3.63) is 65.7 Å². The van der Waals surface area contributed by atoms with Gasteiger partial charge in [0.2, 0.25) is 0 Å². The predicted octanol–water partition coefficient (Wildman–Crippen LogP) is 4.36. The van der Waals surface area contributed by atoms with Crippen molar-refractivity contribution in [2.45, 2.75) is 55.7 Å². The fourth-order valence-corrected chi connectivity index (χ4v) is 5.19. The lowest BCUT2D eigenvalue weighted by Gasteiger charge is -2.31. The van der Waals surface area contributed by atoms with Crippen LogP contribution in [0.25, 0.3) is 0 Å². The van der Waals surface area contributed by atoms with Gasteiger partial charge in [-0.1, -0.05) is 56.5 Å². The second-order valence-electron chi connectivity index (χ2n) is 7.30. The molecule has 0 spiro atoms. The topological polar surface area (TPSA) is 63.2 Å². The van der Waals surface area contributed by atoms with E-state index in [9.17, 15) is 13.2 Å². The molecule has 0 radical (unpaired) electrons. The van der Waals surface area contributed by atoms with Crippen molar-refractivity contribution in [1.82, 2.24) is 5.32 Å². The largest absolute Gasteiger partial charge is 0.349 e. The van der Waals surface area contributed by atoms with Gasteiger partial charge in [-0.25, -0.2) is 8.42 Å². The maximum atomic E-state index is 12.6. The van der Waals surface area contributed by atoms with Crippen LogP contribution >= 0.6 is 0 Å². The van der Waals surface area contributed by atoms with E-state index in [0.29, 0.717) is 21.9 Å². The fourth-order valence-electron chi connectivity index (χ4n) is 3.82. The van der Waals surface area contributed by atoms with E-state index in [1.165, 1.54) is 12.8 Å². The molecule has 0 saturated heterocycles. The lowest BCUT2D eigenvalue weighted by molar-refractivity contribution is 0.0904. The molecule has 0 unspecified atom stereocenters. The Kier molecular flexibility index (Phi) is 6.32. The number of carbonyl (C=O) groups excluding carboxylic acids is 1. The molecule has 3 rings (SSSR count). The van der Waals surface area contributed by atoms with E-state index in [-0.39, 0.29) is 17.7 Å². The van der Waals surface area contributed by atoms with Gasteiger partial charge in [0.15, 0.2) is 9.84 Å². The van der Waals surface area contributed by atoms with Crippen molar-refractivity contribution >= 4 is 15.7 Å². The highest BCUT2D eigenvalue weighted by Gasteiger charge is 2.25. The molecule has 5 heteroatoms. The number of carbonyl (C=O) groups is 1. The van der Waals surface area contributed by atoms with Gasteiger partial charge in [0.05, 0.1) is 10.6 Å². The molecule has 2 aromatic rings. The highest BCUT2D eigenvalue weighted by molar-refractivity contribution is 7.90. The van der Waals surface area contributed by atoms with E-state index in [4.69, 9.17) is 0 Å². The Labute approximate surface area is 161 Å². The molecule has 0 bridgehead atoms. The highest BCUT2D eigenvalue weighted by Crippen LogP contribution is 2.27. The summed E-state index contributed by atoms with van der Waals surface area (Å²) in [6.45, 7) is 2.18. The van der Waals surface area contributed by atoms with E-state index >= 15 is 0 Å². The van der Waals surface area contributed by atoms with Crippen molar-refractivity contribution in [3.8, 4) is 0 Å². The highest BCUT2D eigenvalue weighted by atomic mass is 32.2. The van der Waals surface area contributed by atoms with Crippen LogP contribution in [0, 0.1) is 5.92 Å². The van der Waals surface area contributed by atoms with Crippen LogP contribution in [-0.4, -0.2) is 20.4 Å². The van der Waals surface area contributed by atoms with Crippen molar-refractivity contribution in [3.63, 3.8) is 0 Å². The van der Waals surface area contributed by atoms with Crippen LogP contribution in [0.3, 0.4) is 0 Å². The molecule has 1 aliphatic rings. The van der Waals surface area contributed by atoms with E-state index in [0.717, 1.165) is 19.3 Å². The molecule has 0 heterocycles. The maximum absolute atomic E-state index is 12.6. The average molecular weight is 386 g/mol. The van der Waals surface area contributed by atoms with Crippen molar-refractivity contribution in [2.24, 2.45) is 5.92 Å². The third kappa shape index (κ3) is 4.98. The minimum atomic E-state index is -3.38. The Morgan fingerprint density at radius 2 is 1.67 bits per heavy atom. The van der Waals surface area contributed by atoms with E-state index in [1.54, 1.807) is 54.6 Å². The van der Waals surface area contributed by atoms with Crippen LogP contribution in [0.5, 0.6) is 0 Å². The standard InChI is InChI=1S/C22H27NO3S/c1-2-18-8-6-7-11-21(18)23-22(24)19-14-12-17(13-15-19)16-27(25,26)20-9-4-3-5-10-20/h3-5,9-10,12-15,18,21H,2,6-8,11,16H2,1H3,(H,23,24)/t18-,21-/m0/s1. The van der Waals surface area contributed by atoms with E-state index in [1.807, 2.05) is 0 Å². The summed E-state index contributed by atoms with van der Waals surface area (Å²) in [7, 11) is -3.38. The van der Waals surface area contributed by atoms with Crippen LogP contribution in [0.1, 0.15) is 54.9 Å². The second kappa shape index (κ2) is 8.70. The summed E-state index contributed by atoms with van der Waals surface area (Å²) < 4.78 is 24.9. The molecule has 1 N–H and O–H groups in total. The zero-order valence-electron chi connectivity index (χ0n) is 15.7. The van der Waals surface area contributed by atoms with Crippen LogP contribution in [0.15, 0.2) is 59.5 Å². The zero-order chi connectivity index (χ0) is 19.3. The molecule has 1 amide bonds. The predicted molar refractivity (Wildman–Crippen MR) is 107 cm³/mol. The summed E-state index contributed by atoms with van der Waals surface area (Å²) in [6, 6.07) is 15.6. The molecular formula is C22H27NO3S. The number of nitrogens with one attached hydrogen (secondary N) is 1. The molecule has 2 aromatic carbocycles. The van der Waals surface area contributed by atoms with Crippen LogP contribution in [-0.2, 0) is 15.6 Å². The first-order valence-corrected chi connectivity index (χ1v) is 11.3. The second-order valence-corrected chi connectivity index (χ2v) is 9.29. The summed E-state index contributed by atoms with van der Waals surface area (Å²) in [5, 5.41) is 3.17. The van der Waals surface area contributed by atoms with Gasteiger partial charge in [0.1, 0.15) is 0 Å². The lowest BCUT2D eigenvalue weighted by Crippen LogP contribution is -2.41. The van der Waals surface area contributed by atoms with E-state index in [2.05, 4.69) is 12.2 Å². The Bertz CT molecular complexity index is 860. The average Bonchev–Trinajstić information content (AvgIpc) is 2.69. The number of hydrogen-bond acceptors (Lipinski definition) is 3. The number of amides is 1. The lowest BCUT2D eigenvalue weighted by atomic mass is 9.83. The minimum Gasteiger partial charge on any atom is -0.349 e. The van der Waals surface area contributed by atoms with Gasteiger partial charge in [-0.3, -0.25) is 4.79 Å². The molecule has 2 atom stereocenters. The summed E-state index contributed by atoms with van der Waals surface area (Å²) in [6.07, 6.45) is 5.71.